The number of alkyl halides is 3. The molecule has 0 N–H and O–H groups in total. The zero-order valence-electron chi connectivity index (χ0n) is 7.34. The summed E-state index contributed by atoms with van der Waals surface area (Å²) in [4.78, 5) is 0. The first-order valence-electron chi connectivity index (χ1n) is 3.92. The molecule has 1 rings (SSSR count). The minimum absolute atomic E-state index is 0.131. The largest absolute Gasteiger partial charge is 0.435 e. The second kappa shape index (κ2) is 4.96. The molecule has 0 amide bonds. The van der Waals surface area contributed by atoms with E-state index in [1.54, 1.807) is 12.1 Å². The van der Waals surface area contributed by atoms with Crippen LogP contribution < -0.4 is 4.74 Å². The summed E-state index contributed by atoms with van der Waals surface area (Å²) in [6.07, 6.45) is 0. The fourth-order valence-corrected chi connectivity index (χ4v) is 1.10. The lowest BCUT2D eigenvalue weighted by atomic mass is 10.1. The Balaban J connectivity index is 2.73. The summed E-state index contributed by atoms with van der Waals surface area (Å²) in [5.74, 6) is 0.445. The molecule has 0 radical (unpaired) electrons. The maximum atomic E-state index is 11.8. The van der Waals surface area contributed by atoms with E-state index in [9.17, 15) is 8.78 Å². The van der Waals surface area contributed by atoms with Crippen LogP contribution >= 0.6 is 11.6 Å². The molecule has 0 aliphatic carbocycles. The summed E-state index contributed by atoms with van der Waals surface area (Å²) in [6.45, 7) is 0.919. The minimum Gasteiger partial charge on any atom is -0.435 e. The van der Waals surface area contributed by atoms with E-state index < -0.39 is 6.61 Å². The van der Waals surface area contributed by atoms with Gasteiger partial charge in [-0.1, -0.05) is 18.7 Å². The molecule has 0 saturated heterocycles. The lowest BCUT2D eigenvalue weighted by molar-refractivity contribution is -0.0498. The molecule has 0 fully saturated rings. The van der Waals surface area contributed by atoms with Crippen LogP contribution in [0, 0.1) is 0 Å². The molecule has 0 aliphatic rings. The van der Waals surface area contributed by atoms with Gasteiger partial charge in [0.2, 0.25) is 0 Å². The molecule has 0 aliphatic heterocycles. The second-order valence-corrected chi connectivity index (χ2v) is 2.91. The fourth-order valence-electron chi connectivity index (χ4n) is 0.949. The normalized spacial score (nSPS) is 10.3. The van der Waals surface area contributed by atoms with Crippen molar-refractivity contribution in [2.24, 2.45) is 0 Å². The van der Waals surface area contributed by atoms with Crippen molar-refractivity contribution in [2.75, 3.05) is 5.88 Å². The maximum absolute atomic E-state index is 11.8. The molecule has 0 bridgehead atoms. The van der Waals surface area contributed by atoms with Crippen LogP contribution in [-0.2, 0) is 0 Å². The molecule has 14 heavy (non-hydrogen) atoms. The molecule has 0 unspecified atom stereocenters. The first kappa shape index (κ1) is 11.0. The van der Waals surface area contributed by atoms with Crippen LogP contribution in [0.3, 0.4) is 0 Å². The number of ether oxygens (including phenoxy) is 1. The minimum atomic E-state index is -2.79. The molecule has 0 atom stereocenters. The van der Waals surface area contributed by atoms with Crippen molar-refractivity contribution in [1.29, 1.82) is 0 Å². The average molecular weight is 219 g/mol. The van der Waals surface area contributed by atoms with Gasteiger partial charge in [0.15, 0.2) is 0 Å². The molecule has 1 nitrogen and oxygen atoms in total. The molecule has 0 aromatic heterocycles. The van der Waals surface area contributed by atoms with Crippen molar-refractivity contribution in [2.45, 2.75) is 6.61 Å². The maximum Gasteiger partial charge on any atom is 0.387 e. The van der Waals surface area contributed by atoms with Gasteiger partial charge in [0.1, 0.15) is 5.75 Å². The second-order valence-electron chi connectivity index (χ2n) is 2.64. The van der Waals surface area contributed by atoms with Gasteiger partial charge in [-0.05, 0) is 23.3 Å². The van der Waals surface area contributed by atoms with Crippen molar-refractivity contribution < 1.29 is 13.5 Å². The summed E-state index contributed by atoms with van der Waals surface area (Å²) in [7, 11) is 0. The highest BCUT2D eigenvalue weighted by Gasteiger charge is 2.04. The van der Waals surface area contributed by atoms with Crippen LogP contribution in [0.5, 0.6) is 5.75 Å². The lowest BCUT2D eigenvalue weighted by Crippen LogP contribution is -2.01. The highest BCUT2D eigenvalue weighted by molar-refractivity contribution is 6.23. The van der Waals surface area contributed by atoms with Gasteiger partial charge in [-0.2, -0.15) is 8.78 Å². The predicted octanol–water partition coefficient (Wildman–Crippen LogP) is 3.54. The summed E-state index contributed by atoms with van der Waals surface area (Å²) < 4.78 is 27.8. The molecule has 0 saturated carbocycles. The number of halogens is 3. The van der Waals surface area contributed by atoms with E-state index in [0.29, 0.717) is 5.88 Å². The Morgan fingerprint density at radius 3 is 2.36 bits per heavy atom. The first-order chi connectivity index (χ1) is 6.63. The van der Waals surface area contributed by atoms with Gasteiger partial charge in [-0.25, -0.2) is 0 Å². The predicted molar refractivity (Wildman–Crippen MR) is 52.8 cm³/mol. The zero-order valence-corrected chi connectivity index (χ0v) is 8.10. The molecule has 0 spiro atoms. The van der Waals surface area contributed by atoms with Crippen LogP contribution in [0.1, 0.15) is 5.56 Å². The van der Waals surface area contributed by atoms with Crippen molar-refractivity contribution in [3.8, 4) is 5.75 Å². The summed E-state index contributed by atoms with van der Waals surface area (Å²) >= 11 is 5.56. The topological polar surface area (TPSA) is 9.23 Å². The van der Waals surface area contributed by atoms with Gasteiger partial charge in [0.05, 0.1) is 0 Å². The molecule has 76 valence electrons. The summed E-state index contributed by atoms with van der Waals surface area (Å²) in [5, 5.41) is 0. The Morgan fingerprint density at radius 1 is 1.36 bits per heavy atom. The van der Waals surface area contributed by atoms with Crippen LogP contribution in [0.15, 0.2) is 30.8 Å². The van der Waals surface area contributed by atoms with Crippen LogP contribution in [0.2, 0.25) is 0 Å². The standard InChI is InChI=1S/C10H9ClF2O/c1-7(6-11)8-2-4-9(5-3-8)14-10(12)13/h2-5,10H,1,6H2. The first-order valence-corrected chi connectivity index (χ1v) is 4.46. The third-order valence-electron chi connectivity index (χ3n) is 1.65. The van der Waals surface area contributed by atoms with E-state index in [-0.39, 0.29) is 5.75 Å². The Labute approximate surface area is 85.9 Å². The Hall–Kier alpha value is -1.09. The Morgan fingerprint density at radius 2 is 1.93 bits per heavy atom. The van der Waals surface area contributed by atoms with Gasteiger partial charge < -0.3 is 4.74 Å². The zero-order chi connectivity index (χ0) is 10.6. The van der Waals surface area contributed by atoms with Gasteiger partial charge in [-0.3, -0.25) is 0 Å². The SMILES string of the molecule is C=C(CCl)c1ccc(OC(F)F)cc1. The smallest absolute Gasteiger partial charge is 0.387 e. The van der Waals surface area contributed by atoms with Gasteiger partial charge in [0.25, 0.3) is 0 Å². The number of hydrogen-bond donors (Lipinski definition) is 0. The van der Waals surface area contributed by atoms with Crippen molar-refractivity contribution in [3.63, 3.8) is 0 Å². The average Bonchev–Trinajstić information content (AvgIpc) is 2.17. The number of hydrogen-bond acceptors (Lipinski definition) is 1. The van der Waals surface area contributed by atoms with Crippen LogP contribution in [0.25, 0.3) is 5.57 Å². The molecular formula is C10H9ClF2O. The molecule has 4 heteroatoms. The van der Waals surface area contributed by atoms with E-state index in [2.05, 4.69) is 11.3 Å². The van der Waals surface area contributed by atoms with Gasteiger partial charge in [0, 0.05) is 5.88 Å². The molecular weight excluding hydrogens is 210 g/mol. The Kier molecular flexibility index (Phi) is 3.89. The number of allylic oxidation sites excluding steroid dienone is 1. The van der Waals surface area contributed by atoms with E-state index >= 15 is 0 Å². The molecule has 0 heterocycles. The highest BCUT2D eigenvalue weighted by Crippen LogP contribution is 2.19. The van der Waals surface area contributed by atoms with Crippen molar-refractivity contribution in [1.82, 2.24) is 0 Å². The fraction of sp³-hybridized carbons (Fsp3) is 0.200. The van der Waals surface area contributed by atoms with Crippen LogP contribution in [-0.4, -0.2) is 12.5 Å². The molecule has 1 aromatic carbocycles. The lowest BCUT2D eigenvalue weighted by Gasteiger charge is -2.05. The summed E-state index contributed by atoms with van der Waals surface area (Å²) in [5.41, 5.74) is 1.57. The van der Waals surface area contributed by atoms with Crippen molar-refractivity contribution in [3.05, 3.63) is 36.4 Å². The molecule has 1 aromatic rings. The number of rotatable bonds is 4. The van der Waals surface area contributed by atoms with E-state index in [1.807, 2.05) is 0 Å². The Bertz CT molecular complexity index is 308. The van der Waals surface area contributed by atoms with Crippen molar-refractivity contribution >= 4 is 17.2 Å². The number of benzene rings is 1. The van der Waals surface area contributed by atoms with E-state index in [0.717, 1.165) is 11.1 Å². The highest BCUT2D eigenvalue weighted by atomic mass is 35.5. The quantitative estimate of drug-likeness (QED) is 0.703. The van der Waals surface area contributed by atoms with E-state index in [1.165, 1.54) is 12.1 Å². The van der Waals surface area contributed by atoms with E-state index in [4.69, 9.17) is 11.6 Å². The summed E-state index contributed by atoms with van der Waals surface area (Å²) in [6, 6.07) is 6.20. The van der Waals surface area contributed by atoms with Gasteiger partial charge >= 0.3 is 6.61 Å². The monoisotopic (exact) mass is 218 g/mol. The van der Waals surface area contributed by atoms with Gasteiger partial charge in [-0.15, -0.1) is 11.6 Å². The third-order valence-corrected chi connectivity index (χ3v) is 1.97. The third kappa shape index (κ3) is 3.00. The van der Waals surface area contributed by atoms with Crippen LogP contribution in [0.4, 0.5) is 8.78 Å².